The highest BCUT2D eigenvalue weighted by molar-refractivity contribution is 7.89. The zero-order valence-corrected chi connectivity index (χ0v) is 19.3. The average molecular weight is 436 g/mol. The van der Waals surface area contributed by atoms with Crippen LogP contribution in [-0.2, 0) is 14.8 Å². The molecule has 0 atom stereocenters. The summed E-state index contributed by atoms with van der Waals surface area (Å²) in [5.41, 5.74) is 1.56. The first-order valence-electron chi connectivity index (χ1n) is 11.6. The molecule has 30 heavy (non-hydrogen) atoms. The van der Waals surface area contributed by atoms with Crippen molar-refractivity contribution in [1.29, 1.82) is 0 Å². The molecule has 0 radical (unpaired) electrons. The molecular formula is C23H37N3O3S. The minimum Gasteiger partial charge on any atom is -0.370 e. The molecule has 0 aromatic heterocycles. The van der Waals surface area contributed by atoms with Crippen LogP contribution in [-0.4, -0.2) is 44.8 Å². The fourth-order valence-electron chi connectivity index (χ4n) is 4.75. The van der Waals surface area contributed by atoms with Crippen molar-refractivity contribution >= 4 is 27.3 Å². The third-order valence-electron chi connectivity index (χ3n) is 6.54. The number of carbonyl (C=O) groups is 1. The SMILES string of the molecule is CCN(CC)S(=O)(=O)c1ccc(N2CCCCC2)c(NC(=O)CCC2CCCC2)c1. The normalized spacial score (nSPS) is 18.2. The van der Waals surface area contributed by atoms with Crippen molar-refractivity contribution in [2.75, 3.05) is 36.4 Å². The van der Waals surface area contributed by atoms with Gasteiger partial charge in [0, 0.05) is 32.6 Å². The molecule has 2 aliphatic rings. The van der Waals surface area contributed by atoms with Gasteiger partial charge < -0.3 is 10.2 Å². The lowest BCUT2D eigenvalue weighted by molar-refractivity contribution is -0.116. The van der Waals surface area contributed by atoms with Crippen LogP contribution in [0.1, 0.15) is 71.6 Å². The summed E-state index contributed by atoms with van der Waals surface area (Å²) in [4.78, 5) is 15.2. The number of sulfonamides is 1. The van der Waals surface area contributed by atoms with Crippen LogP contribution in [0.4, 0.5) is 11.4 Å². The fourth-order valence-corrected chi connectivity index (χ4v) is 6.23. The summed E-state index contributed by atoms with van der Waals surface area (Å²) in [5, 5.41) is 3.06. The van der Waals surface area contributed by atoms with Crippen molar-refractivity contribution in [2.45, 2.75) is 76.5 Å². The quantitative estimate of drug-likeness (QED) is 0.615. The lowest BCUT2D eigenvalue weighted by Crippen LogP contribution is -2.32. The van der Waals surface area contributed by atoms with Gasteiger partial charge >= 0.3 is 0 Å². The molecular weight excluding hydrogens is 398 g/mol. The maximum absolute atomic E-state index is 13.0. The zero-order valence-electron chi connectivity index (χ0n) is 18.5. The van der Waals surface area contributed by atoms with Gasteiger partial charge in [-0.2, -0.15) is 4.31 Å². The Morgan fingerprint density at radius 3 is 2.37 bits per heavy atom. The summed E-state index contributed by atoms with van der Waals surface area (Å²) in [6.07, 6.45) is 9.87. The number of carbonyl (C=O) groups excluding carboxylic acids is 1. The molecule has 3 rings (SSSR count). The molecule has 168 valence electrons. The van der Waals surface area contributed by atoms with Crippen molar-refractivity contribution in [2.24, 2.45) is 5.92 Å². The Morgan fingerprint density at radius 1 is 1.07 bits per heavy atom. The number of amides is 1. The monoisotopic (exact) mass is 435 g/mol. The van der Waals surface area contributed by atoms with E-state index in [1.807, 2.05) is 19.9 Å². The number of nitrogens with one attached hydrogen (secondary N) is 1. The van der Waals surface area contributed by atoms with Gasteiger partial charge in [-0.1, -0.05) is 39.5 Å². The van der Waals surface area contributed by atoms with Gasteiger partial charge in [0.25, 0.3) is 0 Å². The van der Waals surface area contributed by atoms with Gasteiger partial charge in [-0.15, -0.1) is 0 Å². The molecule has 1 aliphatic carbocycles. The van der Waals surface area contributed by atoms with Crippen LogP contribution in [0.3, 0.4) is 0 Å². The molecule has 1 N–H and O–H groups in total. The number of nitrogens with zero attached hydrogens (tertiary/aromatic N) is 2. The second kappa shape index (κ2) is 10.6. The Hall–Kier alpha value is -1.60. The van der Waals surface area contributed by atoms with Crippen LogP contribution in [0.5, 0.6) is 0 Å². The van der Waals surface area contributed by atoms with Crippen LogP contribution in [0, 0.1) is 5.92 Å². The Bertz CT molecular complexity index is 809. The van der Waals surface area contributed by atoms with Gasteiger partial charge in [-0.3, -0.25) is 4.79 Å². The fraction of sp³-hybridized carbons (Fsp3) is 0.696. The molecule has 0 unspecified atom stereocenters. The molecule has 1 heterocycles. The van der Waals surface area contributed by atoms with Crippen LogP contribution >= 0.6 is 0 Å². The number of benzene rings is 1. The van der Waals surface area contributed by atoms with Gasteiger partial charge in [0.05, 0.1) is 16.3 Å². The van der Waals surface area contributed by atoms with Crippen molar-refractivity contribution in [3.05, 3.63) is 18.2 Å². The average Bonchev–Trinajstić information content (AvgIpc) is 3.27. The van der Waals surface area contributed by atoms with Crippen molar-refractivity contribution < 1.29 is 13.2 Å². The molecule has 1 saturated heterocycles. The van der Waals surface area contributed by atoms with E-state index < -0.39 is 10.0 Å². The second-order valence-corrected chi connectivity index (χ2v) is 10.5. The van der Waals surface area contributed by atoms with Crippen molar-refractivity contribution in [3.63, 3.8) is 0 Å². The first-order chi connectivity index (χ1) is 14.5. The molecule has 2 fully saturated rings. The molecule has 0 spiro atoms. The molecule has 0 bridgehead atoms. The van der Waals surface area contributed by atoms with Crippen LogP contribution < -0.4 is 10.2 Å². The highest BCUT2D eigenvalue weighted by Crippen LogP contribution is 2.33. The van der Waals surface area contributed by atoms with Gasteiger partial charge in [0.1, 0.15) is 0 Å². The van der Waals surface area contributed by atoms with E-state index in [-0.39, 0.29) is 10.8 Å². The number of anilines is 2. The van der Waals surface area contributed by atoms with E-state index in [9.17, 15) is 13.2 Å². The highest BCUT2D eigenvalue weighted by Gasteiger charge is 2.25. The van der Waals surface area contributed by atoms with Gasteiger partial charge in [-0.25, -0.2) is 8.42 Å². The van der Waals surface area contributed by atoms with Gasteiger partial charge in [0.15, 0.2) is 0 Å². The number of piperidine rings is 1. The summed E-state index contributed by atoms with van der Waals surface area (Å²) in [5.74, 6) is 0.643. The molecule has 7 heteroatoms. The first kappa shape index (κ1) is 23.1. The van der Waals surface area contributed by atoms with E-state index in [0.717, 1.165) is 38.0 Å². The summed E-state index contributed by atoms with van der Waals surface area (Å²) in [6, 6.07) is 5.21. The predicted molar refractivity (Wildman–Crippen MR) is 122 cm³/mol. The maximum Gasteiger partial charge on any atom is 0.243 e. The zero-order chi connectivity index (χ0) is 21.6. The first-order valence-corrected chi connectivity index (χ1v) is 13.1. The Labute approximate surface area is 182 Å². The summed E-state index contributed by atoms with van der Waals surface area (Å²) < 4.78 is 27.5. The van der Waals surface area contributed by atoms with Crippen LogP contribution in [0.15, 0.2) is 23.1 Å². The molecule has 1 aromatic carbocycles. The van der Waals surface area contributed by atoms with Crippen molar-refractivity contribution in [3.8, 4) is 0 Å². The molecule has 1 aliphatic heterocycles. The number of rotatable bonds is 9. The van der Waals surface area contributed by atoms with E-state index in [1.165, 1.54) is 36.4 Å². The van der Waals surface area contributed by atoms with Crippen molar-refractivity contribution in [1.82, 2.24) is 4.31 Å². The standard InChI is InChI=1S/C23H37N3O3S/c1-3-26(4-2)30(28,29)20-13-14-22(25-16-8-5-9-17-25)21(18-20)24-23(27)15-12-19-10-6-7-11-19/h13-14,18-19H,3-12,15-17H2,1-2H3,(H,24,27). The second-order valence-electron chi connectivity index (χ2n) is 8.55. The molecule has 6 nitrogen and oxygen atoms in total. The summed E-state index contributed by atoms with van der Waals surface area (Å²) >= 11 is 0. The van der Waals surface area contributed by atoms with E-state index in [1.54, 1.807) is 12.1 Å². The minimum atomic E-state index is -3.57. The summed E-state index contributed by atoms with van der Waals surface area (Å²) in [6.45, 7) is 6.41. The predicted octanol–water partition coefficient (Wildman–Crippen LogP) is 4.62. The topological polar surface area (TPSA) is 69.7 Å². The van der Waals surface area contributed by atoms with Gasteiger partial charge in [0.2, 0.25) is 15.9 Å². The largest absolute Gasteiger partial charge is 0.370 e. The third-order valence-corrected chi connectivity index (χ3v) is 8.58. The minimum absolute atomic E-state index is 0.0162. The van der Waals surface area contributed by atoms with Gasteiger partial charge in [-0.05, 0) is 49.8 Å². The van der Waals surface area contributed by atoms with Crippen LogP contribution in [0.25, 0.3) is 0 Å². The lowest BCUT2D eigenvalue weighted by Gasteiger charge is -2.31. The smallest absolute Gasteiger partial charge is 0.243 e. The van der Waals surface area contributed by atoms with E-state index in [4.69, 9.17) is 0 Å². The lowest BCUT2D eigenvalue weighted by atomic mass is 10.0. The highest BCUT2D eigenvalue weighted by atomic mass is 32.2. The Morgan fingerprint density at radius 2 is 1.73 bits per heavy atom. The Kier molecular flexibility index (Phi) is 8.17. The van der Waals surface area contributed by atoms with E-state index in [0.29, 0.717) is 31.1 Å². The van der Waals surface area contributed by atoms with E-state index in [2.05, 4.69) is 10.2 Å². The van der Waals surface area contributed by atoms with E-state index >= 15 is 0 Å². The molecule has 1 amide bonds. The molecule has 1 saturated carbocycles. The summed E-state index contributed by atoms with van der Waals surface area (Å²) in [7, 11) is -3.57. The maximum atomic E-state index is 13.0. The third kappa shape index (κ3) is 5.55. The Balaban J connectivity index is 1.83. The van der Waals surface area contributed by atoms with Crippen LogP contribution in [0.2, 0.25) is 0 Å². The molecule has 1 aromatic rings. The number of hydrogen-bond donors (Lipinski definition) is 1. The number of hydrogen-bond acceptors (Lipinski definition) is 4.